The fraction of sp³-hybridized carbons (Fsp3) is 0.278. The van der Waals surface area contributed by atoms with Crippen molar-refractivity contribution in [2.75, 3.05) is 13.7 Å². The number of aliphatic hydroxyl groups excluding tert-OH is 1. The van der Waals surface area contributed by atoms with Gasteiger partial charge in [0.1, 0.15) is 5.75 Å². The van der Waals surface area contributed by atoms with Crippen molar-refractivity contribution in [1.29, 1.82) is 0 Å². The molecule has 0 spiro atoms. The highest BCUT2D eigenvalue weighted by molar-refractivity contribution is 5.94. The molecule has 4 heteroatoms. The minimum Gasteiger partial charge on any atom is -0.508 e. The summed E-state index contributed by atoms with van der Waals surface area (Å²) in [4.78, 5) is 14.2. The maximum Gasteiger partial charge on any atom is 0.254 e. The van der Waals surface area contributed by atoms with Gasteiger partial charge >= 0.3 is 0 Å². The minimum absolute atomic E-state index is 0.00364. The van der Waals surface area contributed by atoms with Crippen molar-refractivity contribution < 1.29 is 15.0 Å². The number of carbonyl (C=O) groups is 1. The Kier molecular flexibility index (Phi) is 5.17. The lowest BCUT2D eigenvalue weighted by Crippen LogP contribution is -2.31. The van der Waals surface area contributed by atoms with E-state index >= 15 is 0 Å². The molecule has 0 aliphatic carbocycles. The lowest BCUT2D eigenvalue weighted by Gasteiger charge is -2.28. The Morgan fingerprint density at radius 2 is 1.86 bits per heavy atom. The molecule has 2 N–H and O–H groups in total. The molecule has 1 unspecified atom stereocenters. The van der Waals surface area contributed by atoms with E-state index in [1.807, 2.05) is 30.3 Å². The van der Waals surface area contributed by atoms with Gasteiger partial charge in [-0.05, 0) is 36.6 Å². The summed E-state index contributed by atoms with van der Waals surface area (Å²) in [5, 5.41) is 19.1. The lowest BCUT2D eigenvalue weighted by atomic mass is 10.0. The molecule has 0 aliphatic heterocycles. The minimum atomic E-state index is -0.206. The number of phenols is 1. The summed E-state index contributed by atoms with van der Waals surface area (Å²) < 4.78 is 0. The second kappa shape index (κ2) is 7.09. The van der Waals surface area contributed by atoms with Crippen molar-refractivity contribution in [2.24, 2.45) is 0 Å². The van der Waals surface area contributed by atoms with Crippen molar-refractivity contribution >= 4 is 5.91 Å². The van der Waals surface area contributed by atoms with Gasteiger partial charge < -0.3 is 15.1 Å². The average Bonchev–Trinajstić information content (AvgIpc) is 2.54. The first-order valence-electron chi connectivity index (χ1n) is 7.27. The Labute approximate surface area is 130 Å². The Hall–Kier alpha value is -2.33. The third-order valence-electron chi connectivity index (χ3n) is 3.83. The van der Waals surface area contributed by atoms with Crippen molar-refractivity contribution in [2.45, 2.75) is 19.4 Å². The number of amides is 1. The van der Waals surface area contributed by atoms with Gasteiger partial charge in [0.05, 0.1) is 6.04 Å². The van der Waals surface area contributed by atoms with E-state index in [1.165, 1.54) is 6.07 Å². The molecule has 0 aromatic heterocycles. The molecule has 116 valence electrons. The molecule has 2 aromatic carbocycles. The number of aryl methyl sites for hydroxylation is 1. The molecule has 2 rings (SSSR count). The fourth-order valence-electron chi connectivity index (χ4n) is 2.47. The van der Waals surface area contributed by atoms with Gasteiger partial charge in [0, 0.05) is 19.2 Å². The SMILES string of the molecule is Cc1ccc(C(=O)N(C)C(CCO)c2ccccc2)cc1O. The molecule has 4 nitrogen and oxygen atoms in total. The van der Waals surface area contributed by atoms with Crippen LogP contribution in [0.2, 0.25) is 0 Å². The normalized spacial score (nSPS) is 12.0. The fourth-order valence-corrected chi connectivity index (χ4v) is 2.47. The second-order valence-corrected chi connectivity index (χ2v) is 5.36. The maximum absolute atomic E-state index is 12.6. The van der Waals surface area contributed by atoms with Gasteiger partial charge in [0.15, 0.2) is 0 Å². The van der Waals surface area contributed by atoms with Gasteiger partial charge in [-0.15, -0.1) is 0 Å². The molecule has 22 heavy (non-hydrogen) atoms. The van der Waals surface area contributed by atoms with E-state index in [0.29, 0.717) is 12.0 Å². The number of aliphatic hydroxyl groups is 1. The molecule has 0 fully saturated rings. The van der Waals surface area contributed by atoms with Crippen LogP contribution in [-0.2, 0) is 0 Å². The first-order chi connectivity index (χ1) is 10.5. The summed E-state index contributed by atoms with van der Waals surface area (Å²) in [5.41, 5.74) is 2.14. The smallest absolute Gasteiger partial charge is 0.254 e. The van der Waals surface area contributed by atoms with E-state index in [4.69, 9.17) is 0 Å². The van der Waals surface area contributed by atoms with Crippen molar-refractivity contribution in [3.8, 4) is 5.75 Å². The second-order valence-electron chi connectivity index (χ2n) is 5.36. The van der Waals surface area contributed by atoms with Crippen LogP contribution in [0.1, 0.15) is 33.9 Å². The highest BCUT2D eigenvalue weighted by Gasteiger charge is 2.22. The number of phenolic OH excluding ortho intramolecular Hbond substituents is 1. The number of benzene rings is 2. The number of nitrogens with zero attached hydrogens (tertiary/aromatic N) is 1. The van der Waals surface area contributed by atoms with E-state index < -0.39 is 0 Å². The third kappa shape index (κ3) is 3.46. The molecule has 0 heterocycles. The van der Waals surface area contributed by atoms with Crippen LogP contribution in [0.25, 0.3) is 0 Å². The third-order valence-corrected chi connectivity index (χ3v) is 3.83. The molecule has 2 aromatic rings. The number of hydrogen-bond donors (Lipinski definition) is 2. The molecule has 0 saturated carbocycles. The summed E-state index contributed by atoms with van der Waals surface area (Å²) in [6.07, 6.45) is 0.462. The molecule has 0 radical (unpaired) electrons. The quantitative estimate of drug-likeness (QED) is 0.892. The van der Waals surface area contributed by atoms with E-state index in [1.54, 1.807) is 31.0 Å². The van der Waals surface area contributed by atoms with Crippen molar-refractivity contribution in [1.82, 2.24) is 4.90 Å². The predicted octanol–water partition coefficient (Wildman–Crippen LogP) is 2.90. The topological polar surface area (TPSA) is 60.8 Å². The van der Waals surface area contributed by atoms with Gasteiger partial charge in [0.2, 0.25) is 0 Å². The number of hydrogen-bond acceptors (Lipinski definition) is 3. The monoisotopic (exact) mass is 299 g/mol. The van der Waals surface area contributed by atoms with Gasteiger partial charge in [-0.3, -0.25) is 4.79 Å². The van der Waals surface area contributed by atoms with E-state index in [2.05, 4.69) is 0 Å². The molecular weight excluding hydrogens is 278 g/mol. The van der Waals surface area contributed by atoms with Gasteiger partial charge in [-0.1, -0.05) is 36.4 Å². The first-order valence-corrected chi connectivity index (χ1v) is 7.27. The highest BCUT2D eigenvalue weighted by Crippen LogP contribution is 2.26. The number of rotatable bonds is 5. The van der Waals surface area contributed by atoms with Gasteiger partial charge in [-0.25, -0.2) is 0 Å². The summed E-state index contributed by atoms with van der Waals surface area (Å²) in [6.45, 7) is 1.78. The summed E-state index contributed by atoms with van der Waals surface area (Å²) in [6, 6.07) is 14.3. The zero-order valence-electron chi connectivity index (χ0n) is 12.9. The lowest BCUT2D eigenvalue weighted by molar-refractivity contribution is 0.0704. The average molecular weight is 299 g/mol. The zero-order chi connectivity index (χ0) is 16.1. The Balaban J connectivity index is 2.28. The largest absolute Gasteiger partial charge is 0.508 e. The van der Waals surface area contributed by atoms with Crippen LogP contribution in [0.15, 0.2) is 48.5 Å². The van der Waals surface area contributed by atoms with Gasteiger partial charge in [0.25, 0.3) is 5.91 Å². The molecule has 1 amide bonds. The molecule has 1 atom stereocenters. The van der Waals surface area contributed by atoms with E-state index in [9.17, 15) is 15.0 Å². The predicted molar refractivity (Wildman–Crippen MR) is 85.8 cm³/mol. The Bertz CT molecular complexity index is 640. The van der Waals surface area contributed by atoms with E-state index in [-0.39, 0.29) is 24.3 Å². The van der Waals surface area contributed by atoms with Crippen LogP contribution in [0.5, 0.6) is 5.75 Å². The zero-order valence-corrected chi connectivity index (χ0v) is 12.9. The van der Waals surface area contributed by atoms with Crippen LogP contribution in [0.3, 0.4) is 0 Å². The Morgan fingerprint density at radius 1 is 1.18 bits per heavy atom. The van der Waals surface area contributed by atoms with Crippen molar-refractivity contribution in [3.05, 3.63) is 65.2 Å². The molecule has 0 bridgehead atoms. The summed E-state index contributed by atoms with van der Waals surface area (Å²) >= 11 is 0. The first kappa shape index (κ1) is 16.0. The standard InChI is InChI=1S/C18H21NO3/c1-13-8-9-15(12-17(13)21)18(22)19(2)16(10-11-20)14-6-4-3-5-7-14/h3-9,12,16,20-21H,10-11H2,1-2H3. The van der Waals surface area contributed by atoms with Crippen LogP contribution >= 0.6 is 0 Å². The van der Waals surface area contributed by atoms with Gasteiger partial charge in [-0.2, -0.15) is 0 Å². The number of carbonyl (C=O) groups excluding carboxylic acids is 1. The van der Waals surface area contributed by atoms with Crippen LogP contribution < -0.4 is 0 Å². The molecule has 0 aliphatic rings. The summed E-state index contributed by atoms with van der Waals surface area (Å²) in [5.74, 6) is -0.0738. The molecular formula is C18H21NO3. The van der Waals surface area contributed by atoms with E-state index in [0.717, 1.165) is 11.1 Å². The van der Waals surface area contributed by atoms with Crippen LogP contribution in [-0.4, -0.2) is 34.7 Å². The van der Waals surface area contributed by atoms with Crippen LogP contribution in [0.4, 0.5) is 0 Å². The molecule has 0 saturated heterocycles. The van der Waals surface area contributed by atoms with Crippen LogP contribution in [0, 0.1) is 6.92 Å². The maximum atomic E-state index is 12.6. The van der Waals surface area contributed by atoms with Crippen molar-refractivity contribution in [3.63, 3.8) is 0 Å². The summed E-state index contributed by atoms with van der Waals surface area (Å²) in [7, 11) is 1.71. The Morgan fingerprint density at radius 3 is 2.45 bits per heavy atom. The highest BCUT2D eigenvalue weighted by atomic mass is 16.3. The number of aromatic hydroxyl groups is 1.